The first-order valence-electron chi connectivity index (χ1n) is 11.0. The minimum absolute atomic E-state index is 0.144. The van der Waals surface area contributed by atoms with Gasteiger partial charge in [-0.05, 0) is 24.3 Å². The van der Waals surface area contributed by atoms with Crippen LogP contribution in [0, 0.1) is 5.82 Å². The summed E-state index contributed by atoms with van der Waals surface area (Å²) in [5.74, 6) is -1.82. The summed E-state index contributed by atoms with van der Waals surface area (Å²) in [6, 6.07) is 9.55. The Balaban J connectivity index is 1.77. The number of carbonyl (C=O) groups excluding carboxylic acids is 2. The Hall–Kier alpha value is -3.43. The molecule has 8 nitrogen and oxygen atoms in total. The molecule has 2 aliphatic heterocycles. The Morgan fingerprint density at radius 2 is 1.76 bits per heavy atom. The quantitative estimate of drug-likeness (QED) is 0.378. The number of ketones is 1. The number of amides is 1. The number of hydrogen-bond acceptors (Lipinski definition) is 7. The fourth-order valence-electron chi connectivity index (χ4n) is 4.34. The van der Waals surface area contributed by atoms with Crippen molar-refractivity contribution in [3.63, 3.8) is 0 Å². The Bertz CT molecular complexity index is 1110. The number of aliphatic hydroxyl groups excluding tert-OH is 1. The average Bonchev–Trinajstić information content (AvgIpc) is 3.12. The first-order chi connectivity index (χ1) is 16.5. The van der Waals surface area contributed by atoms with Crippen molar-refractivity contribution in [1.29, 1.82) is 0 Å². The average molecular weight is 470 g/mol. The monoisotopic (exact) mass is 470 g/mol. The molecule has 0 spiro atoms. The molecule has 34 heavy (non-hydrogen) atoms. The van der Waals surface area contributed by atoms with E-state index in [9.17, 15) is 19.1 Å². The van der Waals surface area contributed by atoms with Crippen LogP contribution in [0.4, 0.5) is 4.39 Å². The van der Waals surface area contributed by atoms with Crippen molar-refractivity contribution in [3.05, 3.63) is 65.0 Å². The second-order valence-corrected chi connectivity index (χ2v) is 8.04. The maximum atomic E-state index is 14.9. The molecular formula is C25H27FN2O6. The topological polar surface area (TPSA) is 88.5 Å². The summed E-state index contributed by atoms with van der Waals surface area (Å²) in [5, 5.41) is 11.2. The van der Waals surface area contributed by atoms with E-state index in [-0.39, 0.29) is 23.2 Å². The van der Waals surface area contributed by atoms with Gasteiger partial charge in [-0.3, -0.25) is 14.5 Å². The van der Waals surface area contributed by atoms with Crippen molar-refractivity contribution >= 4 is 17.4 Å². The summed E-state index contributed by atoms with van der Waals surface area (Å²) >= 11 is 0. The molecule has 9 heteroatoms. The van der Waals surface area contributed by atoms with Crippen LogP contribution in [0.15, 0.2) is 48.0 Å². The molecule has 0 aliphatic carbocycles. The molecule has 4 rings (SSSR count). The zero-order chi connectivity index (χ0) is 24.2. The molecule has 1 N–H and O–H groups in total. The summed E-state index contributed by atoms with van der Waals surface area (Å²) in [5.41, 5.74) is 0.236. The third-order valence-electron chi connectivity index (χ3n) is 6.16. The minimum Gasteiger partial charge on any atom is -0.507 e. The number of rotatable bonds is 7. The van der Waals surface area contributed by atoms with E-state index in [0.717, 1.165) is 0 Å². The highest BCUT2D eigenvalue weighted by Crippen LogP contribution is 2.41. The predicted octanol–water partition coefficient (Wildman–Crippen LogP) is 2.60. The van der Waals surface area contributed by atoms with Gasteiger partial charge in [0.25, 0.3) is 11.7 Å². The second-order valence-electron chi connectivity index (χ2n) is 8.04. The predicted molar refractivity (Wildman–Crippen MR) is 122 cm³/mol. The van der Waals surface area contributed by atoms with Crippen LogP contribution in [-0.2, 0) is 14.3 Å². The standard InChI is InChI=1S/C25H27FN2O6/c1-32-19-8-7-16(15-20(19)33-2)23(29)21-22(17-5-3-4-6-18(17)26)28(25(31)24(21)30)10-9-27-11-13-34-14-12-27/h3-8,15,22,29H,9-14H2,1-2H3. The highest BCUT2D eigenvalue weighted by molar-refractivity contribution is 6.46. The van der Waals surface area contributed by atoms with Gasteiger partial charge in [-0.25, -0.2) is 4.39 Å². The molecule has 0 aromatic heterocycles. The Morgan fingerprint density at radius 1 is 1.06 bits per heavy atom. The smallest absolute Gasteiger partial charge is 0.295 e. The van der Waals surface area contributed by atoms with Crippen molar-refractivity contribution < 1.29 is 33.3 Å². The lowest BCUT2D eigenvalue weighted by Crippen LogP contribution is -2.42. The van der Waals surface area contributed by atoms with Crippen LogP contribution in [0.3, 0.4) is 0 Å². The van der Waals surface area contributed by atoms with Gasteiger partial charge in [-0.15, -0.1) is 0 Å². The third kappa shape index (κ3) is 4.49. The molecule has 0 radical (unpaired) electrons. The van der Waals surface area contributed by atoms with E-state index in [1.807, 2.05) is 0 Å². The van der Waals surface area contributed by atoms with Crippen LogP contribution in [0.2, 0.25) is 0 Å². The summed E-state index contributed by atoms with van der Waals surface area (Å²) < 4.78 is 30.8. The molecule has 2 fully saturated rings. The molecule has 0 bridgehead atoms. The third-order valence-corrected chi connectivity index (χ3v) is 6.16. The lowest BCUT2D eigenvalue weighted by Gasteiger charge is -2.31. The molecule has 1 unspecified atom stereocenters. The number of methoxy groups -OCH3 is 2. The Labute approximate surface area is 197 Å². The number of morpholine rings is 1. The van der Waals surface area contributed by atoms with Gasteiger partial charge in [0.2, 0.25) is 0 Å². The van der Waals surface area contributed by atoms with E-state index < -0.39 is 29.3 Å². The second kappa shape index (κ2) is 10.2. The van der Waals surface area contributed by atoms with Crippen molar-refractivity contribution in [2.75, 3.05) is 53.6 Å². The molecule has 2 aliphatic rings. The Kier molecular flexibility index (Phi) is 7.14. The maximum Gasteiger partial charge on any atom is 0.295 e. The van der Waals surface area contributed by atoms with Gasteiger partial charge >= 0.3 is 0 Å². The summed E-state index contributed by atoms with van der Waals surface area (Å²) in [6.07, 6.45) is 0. The number of Topliss-reactive ketones (excluding diaryl/α,β-unsaturated/α-hetero) is 1. The van der Waals surface area contributed by atoms with Crippen LogP contribution in [-0.4, -0.2) is 80.2 Å². The zero-order valence-electron chi connectivity index (χ0n) is 19.1. The first kappa shape index (κ1) is 23.7. The Morgan fingerprint density at radius 3 is 2.44 bits per heavy atom. The van der Waals surface area contributed by atoms with E-state index in [4.69, 9.17) is 14.2 Å². The van der Waals surface area contributed by atoms with Crippen LogP contribution < -0.4 is 9.47 Å². The van der Waals surface area contributed by atoms with Crippen LogP contribution >= 0.6 is 0 Å². The maximum absolute atomic E-state index is 14.9. The summed E-state index contributed by atoms with van der Waals surface area (Å²) in [6.45, 7) is 3.30. The zero-order valence-corrected chi connectivity index (χ0v) is 19.1. The van der Waals surface area contributed by atoms with E-state index >= 15 is 0 Å². The van der Waals surface area contributed by atoms with Crippen LogP contribution in [0.1, 0.15) is 17.2 Å². The number of likely N-dealkylation sites (tertiary alicyclic amines) is 1. The number of benzene rings is 2. The molecule has 1 atom stereocenters. The molecule has 180 valence electrons. The lowest BCUT2D eigenvalue weighted by molar-refractivity contribution is -0.140. The number of carbonyl (C=O) groups is 2. The molecule has 2 aromatic carbocycles. The molecule has 2 heterocycles. The van der Waals surface area contributed by atoms with Gasteiger partial charge in [0.1, 0.15) is 11.6 Å². The number of ether oxygens (including phenoxy) is 3. The SMILES string of the molecule is COc1ccc(C(O)=C2C(=O)C(=O)N(CCN3CCOCC3)C2c2ccccc2F)cc1OC. The van der Waals surface area contributed by atoms with Crippen molar-refractivity contribution in [1.82, 2.24) is 9.80 Å². The van der Waals surface area contributed by atoms with Gasteiger partial charge < -0.3 is 24.2 Å². The molecular weight excluding hydrogens is 443 g/mol. The minimum atomic E-state index is -1.06. The number of nitrogens with zero attached hydrogens (tertiary/aromatic N) is 2. The highest BCUT2D eigenvalue weighted by atomic mass is 19.1. The van der Waals surface area contributed by atoms with Crippen molar-refractivity contribution in [2.45, 2.75) is 6.04 Å². The van der Waals surface area contributed by atoms with Crippen molar-refractivity contribution in [2.24, 2.45) is 0 Å². The fourth-order valence-corrected chi connectivity index (χ4v) is 4.34. The molecule has 1 amide bonds. The van der Waals surface area contributed by atoms with E-state index in [0.29, 0.717) is 44.3 Å². The fraction of sp³-hybridized carbons (Fsp3) is 0.360. The summed E-state index contributed by atoms with van der Waals surface area (Å²) in [4.78, 5) is 29.7. The highest BCUT2D eigenvalue weighted by Gasteiger charge is 2.47. The number of hydrogen-bond donors (Lipinski definition) is 1. The van der Waals surface area contributed by atoms with E-state index in [1.165, 1.54) is 43.4 Å². The summed E-state index contributed by atoms with van der Waals surface area (Å²) in [7, 11) is 2.93. The molecule has 0 saturated carbocycles. The van der Waals surface area contributed by atoms with Crippen molar-refractivity contribution in [3.8, 4) is 11.5 Å². The first-order valence-corrected chi connectivity index (χ1v) is 11.0. The lowest BCUT2D eigenvalue weighted by atomic mass is 9.95. The van der Waals surface area contributed by atoms with Gasteiger partial charge in [0.15, 0.2) is 11.5 Å². The van der Waals surface area contributed by atoms with Crippen LogP contribution in [0.25, 0.3) is 5.76 Å². The van der Waals surface area contributed by atoms with Gasteiger partial charge in [-0.1, -0.05) is 18.2 Å². The number of halogens is 1. The number of aliphatic hydroxyl groups is 1. The van der Waals surface area contributed by atoms with E-state index in [2.05, 4.69) is 4.90 Å². The van der Waals surface area contributed by atoms with Gasteiger partial charge in [-0.2, -0.15) is 0 Å². The largest absolute Gasteiger partial charge is 0.507 e. The molecule has 2 aromatic rings. The normalized spacial score (nSPS) is 20.6. The molecule has 2 saturated heterocycles. The van der Waals surface area contributed by atoms with E-state index in [1.54, 1.807) is 18.2 Å². The van der Waals surface area contributed by atoms with Gasteiger partial charge in [0, 0.05) is 37.3 Å². The van der Waals surface area contributed by atoms with Gasteiger partial charge in [0.05, 0.1) is 39.0 Å². The van der Waals surface area contributed by atoms with Crippen LogP contribution in [0.5, 0.6) is 11.5 Å².